The quantitative estimate of drug-likeness (QED) is 0.836. The van der Waals surface area contributed by atoms with E-state index in [2.05, 4.69) is 26.1 Å². The summed E-state index contributed by atoms with van der Waals surface area (Å²) in [6.07, 6.45) is 2.57. The molecule has 21 heavy (non-hydrogen) atoms. The highest BCUT2D eigenvalue weighted by Gasteiger charge is 2.17. The molecule has 114 valence electrons. The Morgan fingerprint density at radius 3 is 2.29 bits per heavy atom. The van der Waals surface area contributed by atoms with Crippen molar-refractivity contribution in [2.45, 2.75) is 20.8 Å². The first-order valence-corrected chi connectivity index (χ1v) is 6.70. The number of carbonyl (C=O) groups excluding carboxylic acids is 1. The van der Waals surface area contributed by atoms with Crippen LogP contribution in [0.5, 0.6) is 0 Å². The third kappa shape index (κ3) is 6.61. The Kier molecular flexibility index (Phi) is 5.52. The highest BCUT2D eigenvalue weighted by molar-refractivity contribution is 5.89. The van der Waals surface area contributed by atoms with Gasteiger partial charge in [-0.3, -0.25) is 0 Å². The number of nitrogens with zero attached hydrogens (tertiary/aromatic N) is 1. The predicted octanol–water partition coefficient (Wildman–Crippen LogP) is 3.29. The van der Waals surface area contributed by atoms with E-state index in [4.69, 9.17) is 5.11 Å². The van der Waals surface area contributed by atoms with Crippen molar-refractivity contribution < 1.29 is 14.7 Å². The molecule has 0 bridgehead atoms. The molecule has 0 aromatic heterocycles. The molecule has 0 spiro atoms. The smallest absolute Gasteiger partial charge is 0.328 e. The second kappa shape index (κ2) is 6.92. The lowest BCUT2D eigenvalue weighted by Gasteiger charge is -2.26. The van der Waals surface area contributed by atoms with E-state index in [-0.39, 0.29) is 11.4 Å². The van der Waals surface area contributed by atoms with E-state index in [0.717, 1.165) is 11.6 Å². The fourth-order valence-corrected chi connectivity index (χ4v) is 1.85. The summed E-state index contributed by atoms with van der Waals surface area (Å²) in [7, 11) is 1.75. The Morgan fingerprint density at radius 2 is 1.81 bits per heavy atom. The van der Waals surface area contributed by atoms with Gasteiger partial charge in [-0.15, -0.1) is 0 Å². The maximum atomic E-state index is 12.0. The van der Waals surface area contributed by atoms with E-state index >= 15 is 0 Å². The zero-order chi connectivity index (χ0) is 16.0. The SMILES string of the molecule is CN(CC(C)(C)C)C(=O)Nc1ccc(C=CC(=O)O)cc1. The van der Waals surface area contributed by atoms with Gasteiger partial charge in [0.2, 0.25) is 0 Å². The average molecular weight is 290 g/mol. The maximum Gasteiger partial charge on any atom is 0.328 e. The molecule has 1 rings (SSSR count). The van der Waals surface area contributed by atoms with Crippen molar-refractivity contribution in [3.05, 3.63) is 35.9 Å². The van der Waals surface area contributed by atoms with Gasteiger partial charge in [0.15, 0.2) is 0 Å². The number of rotatable bonds is 4. The third-order valence-electron chi connectivity index (χ3n) is 2.64. The van der Waals surface area contributed by atoms with Crippen molar-refractivity contribution in [2.75, 3.05) is 18.9 Å². The fraction of sp³-hybridized carbons (Fsp3) is 0.375. The Bertz CT molecular complexity index is 527. The minimum Gasteiger partial charge on any atom is -0.478 e. The van der Waals surface area contributed by atoms with Gasteiger partial charge in [-0.05, 0) is 29.2 Å². The summed E-state index contributed by atoms with van der Waals surface area (Å²) in [4.78, 5) is 24.1. The van der Waals surface area contributed by atoms with E-state index in [1.165, 1.54) is 6.08 Å². The number of anilines is 1. The van der Waals surface area contributed by atoms with Crippen LogP contribution < -0.4 is 5.32 Å². The fourth-order valence-electron chi connectivity index (χ4n) is 1.85. The highest BCUT2D eigenvalue weighted by atomic mass is 16.4. The Morgan fingerprint density at radius 1 is 1.24 bits per heavy atom. The number of carboxylic acids is 1. The molecule has 2 N–H and O–H groups in total. The van der Waals surface area contributed by atoms with Gasteiger partial charge >= 0.3 is 12.0 Å². The van der Waals surface area contributed by atoms with Crippen molar-refractivity contribution in [1.82, 2.24) is 4.90 Å². The van der Waals surface area contributed by atoms with Gasteiger partial charge in [-0.2, -0.15) is 0 Å². The normalized spacial score (nSPS) is 11.4. The number of benzene rings is 1. The molecule has 0 unspecified atom stereocenters. The van der Waals surface area contributed by atoms with Gasteiger partial charge in [0.1, 0.15) is 0 Å². The molecule has 2 amide bonds. The van der Waals surface area contributed by atoms with Crippen LogP contribution in [0.3, 0.4) is 0 Å². The Hall–Kier alpha value is -2.30. The van der Waals surface area contributed by atoms with Gasteiger partial charge in [0.05, 0.1) is 0 Å². The molecule has 1 aromatic rings. The first kappa shape index (κ1) is 16.8. The lowest BCUT2D eigenvalue weighted by atomic mass is 9.96. The van der Waals surface area contributed by atoms with E-state index in [0.29, 0.717) is 12.2 Å². The van der Waals surface area contributed by atoms with Crippen LogP contribution in [-0.4, -0.2) is 35.6 Å². The van der Waals surface area contributed by atoms with Crippen molar-refractivity contribution in [1.29, 1.82) is 0 Å². The molecule has 0 aliphatic rings. The summed E-state index contributed by atoms with van der Waals surface area (Å²) in [5.41, 5.74) is 1.48. The molecule has 0 aliphatic heterocycles. The molecule has 0 fully saturated rings. The largest absolute Gasteiger partial charge is 0.478 e. The van der Waals surface area contributed by atoms with Crippen LogP contribution >= 0.6 is 0 Å². The molecule has 0 saturated heterocycles. The van der Waals surface area contributed by atoms with Gasteiger partial charge in [0, 0.05) is 25.4 Å². The number of nitrogens with one attached hydrogen (secondary N) is 1. The number of carbonyl (C=O) groups is 2. The minimum atomic E-state index is -0.990. The standard InChI is InChI=1S/C16H22N2O3/c1-16(2,3)11-18(4)15(21)17-13-8-5-12(6-9-13)7-10-14(19)20/h5-10H,11H2,1-4H3,(H,17,21)(H,19,20). The third-order valence-corrected chi connectivity index (χ3v) is 2.64. The van der Waals surface area contributed by atoms with Crippen LogP contribution in [0.4, 0.5) is 10.5 Å². The van der Waals surface area contributed by atoms with Crippen molar-refractivity contribution in [3.8, 4) is 0 Å². The zero-order valence-corrected chi connectivity index (χ0v) is 12.9. The summed E-state index contributed by atoms with van der Waals surface area (Å²) < 4.78 is 0. The summed E-state index contributed by atoms with van der Waals surface area (Å²) in [6.45, 7) is 6.86. The summed E-state index contributed by atoms with van der Waals surface area (Å²) in [6, 6.07) is 6.81. The van der Waals surface area contributed by atoms with Gasteiger partial charge in [-0.25, -0.2) is 9.59 Å². The maximum absolute atomic E-state index is 12.0. The first-order valence-electron chi connectivity index (χ1n) is 6.70. The molecule has 0 radical (unpaired) electrons. The zero-order valence-electron chi connectivity index (χ0n) is 12.9. The molecular weight excluding hydrogens is 268 g/mol. The molecule has 0 saturated carbocycles. The van der Waals surface area contributed by atoms with Crippen LogP contribution in [0.25, 0.3) is 6.08 Å². The van der Waals surface area contributed by atoms with Crippen LogP contribution in [0, 0.1) is 5.41 Å². The highest BCUT2D eigenvalue weighted by Crippen LogP contribution is 2.16. The lowest BCUT2D eigenvalue weighted by molar-refractivity contribution is -0.131. The average Bonchev–Trinajstić information content (AvgIpc) is 2.35. The molecule has 0 atom stereocenters. The molecule has 1 aromatic carbocycles. The van der Waals surface area contributed by atoms with Gasteiger partial charge in [0.25, 0.3) is 0 Å². The molecule has 0 aliphatic carbocycles. The number of amides is 2. The Balaban J connectivity index is 2.63. The van der Waals surface area contributed by atoms with Crippen molar-refractivity contribution in [3.63, 3.8) is 0 Å². The number of urea groups is 1. The second-order valence-electron chi connectivity index (χ2n) is 6.14. The number of aliphatic carboxylic acids is 1. The van der Waals surface area contributed by atoms with E-state index in [1.807, 2.05) is 0 Å². The molecular formula is C16H22N2O3. The van der Waals surface area contributed by atoms with E-state index in [1.54, 1.807) is 36.2 Å². The summed E-state index contributed by atoms with van der Waals surface area (Å²) in [5.74, 6) is -0.990. The van der Waals surface area contributed by atoms with E-state index < -0.39 is 5.97 Å². The van der Waals surface area contributed by atoms with Crippen molar-refractivity contribution in [2.24, 2.45) is 5.41 Å². The number of carboxylic acid groups (broad SMARTS) is 1. The van der Waals surface area contributed by atoms with Crippen LogP contribution in [0.15, 0.2) is 30.3 Å². The topological polar surface area (TPSA) is 69.6 Å². The number of hydrogen-bond donors (Lipinski definition) is 2. The minimum absolute atomic E-state index is 0.0393. The predicted molar refractivity (Wildman–Crippen MR) is 84.2 cm³/mol. The monoisotopic (exact) mass is 290 g/mol. The molecule has 5 nitrogen and oxygen atoms in total. The van der Waals surface area contributed by atoms with Crippen molar-refractivity contribution >= 4 is 23.8 Å². The molecule has 5 heteroatoms. The Labute approximate surface area is 125 Å². The lowest BCUT2D eigenvalue weighted by Crippen LogP contribution is -2.37. The number of hydrogen-bond acceptors (Lipinski definition) is 2. The van der Waals surface area contributed by atoms with E-state index in [9.17, 15) is 9.59 Å². The van der Waals surface area contributed by atoms with Gasteiger partial charge in [-0.1, -0.05) is 32.9 Å². The van der Waals surface area contributed by atoms with Crippen LogP contribution in [-0.2, 0) is 4.79 Å². The van der Waals surface area contributed by atoms with Crippen LogP contribution in [0.1, 0.15) is 26.3 Å². The summed E-state index contributed by atoms with van der Waals surface area (Å²) in [5, 5.41) is 11.4. The summed E-state index contributed by atoms with van der Waals surface area (Å²) >= 11 is 0. The van der Waals surface area contributed by atoms with Gasteiger partial charge < -0.3 is 15.3 Å². The molecule has 0 heterocycles. The first-order chi connectivity index (χ1) is 9.67. The van der Waals surface area contributed by atoms with Crippen LogP contribution in [0.2, 0.25) is 0 Å². The second-order valence-corrected chi connectivity index (χ2v) is 6.14.